The molecular formula is C19H16Cl2N2O4. The summed E-state index contributed by atoms with van der Waals surface area (Å²) >= 11 is 12.1. The number of alkyl halides is 2. The molecule has 1 atom stereocenters. The second-order valence-corrected chi connectivity index (χ2v) is 8.22. The molecule has 0 unspecified atom stereocenters. The average molecular weight is 407 g/mol. The number of carbonyl (C=O) groups is 2. The number of fused-ring (bicyclic) bond motifs is 1. The highest BCUT2D eigenvalue weighted by atomic mass is 35.5. The van der Waals surface area contributed by atoms with E-state index in [1.165, 1.54) is 0 Å². The van der Waals surface area contributed by atoms with Gasteiger partial charge < -0.3 is 20.1 Å². The fourth-order valence-electron chi connectivity index (χ4n) is 2.87. The van der Waals surface area contributed by atoms with Crippen molar-refractivity contribution < 1.29 is 19.1 Å². The van der Waals surface area contributed by atoms with Gasteiger partial charge in [-0.1, -0.05) is 12.1 Å². The van der Waals surface area contributed by atoms with Crippen LogP contribution >= 0.6 is 23.2 Å². The van der Waals surface area contributed by atoms with Crippen LogP contribution in [0.25, 0.3) is 0 Å². The van der Waals surface area contributed by atoms with Gasteiger partial charge in [0.05, 0.1) is 16.7 Å². The number of ether oxygens (including phenoxy) is 2. The van der Waals surface area contributed by atoms with Crippen molar-refractivity contribution in [3.8, 4) is 11.5 Å². The maximum Gasteiger partial charge on any atom is 0.257 e. The molecule has 1 aliphatic heterocycles. The minimum atomic E-state index is -1.08. The molecular weight excluding hydrogens is 391 g/mol. The van der Waals surface area contributed by atoms with E-state index >= 15 is 0 Å². The van der Waals surface area contributed by atoms with Gasteiger partial charge in [-0.15, -0.1) is 23.2 Å². The molecule has 27 heavy (non-hydrogen) atoms. The van der Waals surface area contributed by atoms with E-state index in [1.54, 1.807) is 49.4 Å². The number of hydrogen-bond donors (Lipinski definition) is 2. The van der Waals surface area contributed by atoms with E-state index in [-0.39, 0.29) is 18.6 Å². The Balaban J connectivity index is 1.52. The minimum absolute atomic E-state index is 0.156. The third kappa shape index (κ3) is 3.19. The van der Waals surface area contributed by atoms with Gasteiger partial charge in [-0.3, -0.25) is 9.59 Å². The Bertz CT molecular complexity index is 947. The average Bonchev–Trinajstić information content (AvgIpc) is 2.96. The van der Waals surface area contributed by atoms with Crippen molar-refractivity contribution >= 4 is 46.4 Å². The number of rotatable bonds is 4. The monoisotopic (exact) mass is 406 g/mol. The predicted octanol–water partition coefficient (Wildman–Crippen LogP) is 4.19. The van der Waals surface area contributed by atoms with Gasteiger partial charge in [0.15, 0.2) is 11.5 Å². The second kappa shape index (κ2) is 6.32. The van der Waals surface area contributed by atoms with Crippen LogP contribution in [-0.4, -0.2) is 22.9 Å². The van der Waals surface area contributed by atoms with E-state index in [0.717, 1.165) is 0 Å². The first-order valence-corrected chi connectivity index (χ1v) is 9.05. The van der Waals surface area contributed by atoms with Gasteiger partial charge >= 0.3 is 0 Å². The summed E-state index contributed by atoms with van der Waals surface area (Å²) in [6.45, 7) is 1.85. The van der Waals surface area contributed by atoms with Crippen molar-refractivity contribution in [1.29, 1.82) is 0 Å². The molecule has 0 spiro atoms. The largest absolute Gasteiger partial charge is 0.454 e. The van der Waals surface area contributed by atoms with Crippen LogP contribution in [0.15, 0.2) is 42.5 Å². The van der Waals surface area contributed by atoms with Crippen molar-refractivity contribution in [3.63, 3.8) is 0 Å². The molecule has 1 aliphatic carbocycles. The molecule has 1 fully saturated rings. The highest BCUT2D eigenvalue weighted by molar-refractivity contribution is 6.53. The van der Waals surface area contributed by atoms with Crippen molar-refractivity contribution in [2.75, 3.05) is 17.4 Å². The number of benzene rings is 2. The topological polar surface area (TPSA) is 76.7 Å². The summed E-state index contributed by atoms with van der Waals surface area (Å²) in [6, 6.07) is 11.9. The Morgan fingerprint density at radius 3 is 2.48 bits per heavy atom. The summed E-state index contributed by atoms with van der Waals surface area (Å²) in [5, 5.41) is 5.56. The highest BCUT2D eigenvalue weighted by Gasteiger charge is 2.67. The summed E-state index contributed by atoms with van der Waals surface area (Å²) < 4.78 is 9.49. The first-order chi connectivity index (χ1) is 12.8. The molecule has 0 aromatic heterocycles. The number of carbonyl (C=O) groups excluding carboxylic acids is 2. The fraction of sp³-hybridized carbons (Fsp3) is 0.263. The zero-order valence-corrected chi connectivity index (χ0v) is 15.9. The SMILES string of the molecule is C[C@]1(C(=O)Nc2ccccc2C(=O)Nc2ccc3c(c2)OCO3)CC1(Cl)Cl. The van der Waals surface area contributed by atoms with E-state index in [4.69, 9.17) is 32.7 Å². The molecule has 2 aliphatic rings. The molecule has 2 aromatic rings. The lowest BCUT2D eigenvalue weighted by Crippen LogP contribution is -2.27. The van der Waals surface area contributed by atoms with E-state index in [2.05, 4.69) is 10.6 Å². The Morgan fingerprint density at radius 1 is 1.04 bits per heavy atom. The summed E-state index contributed by atoms with van der Waals surface area (Å²) in [6.07, 6.45) is 0.362. The summed E-state index contributed by atoms with van der Waals surface area (Å²) in [4.78, 5) is 25.3. The number of anilines is 2. The number of hydrogen-bond acceptors (Lipinski definition) is 4. The molecule has 0 bridgehead atoms. The van der Waals surface area contributed by atoms with E-state index < -0.39 is 9.75 Å². The van der Waals surface area contributed by atoms with E-state index in [9.17, 15) is 9.59 Å². The van der Waals surface area contributed by atoms with Crippen LogP contribution in [0.2, 0.25) is 0 Å². The molecule has 0 saturated heterocycles. The lowest BCUT2D eigenvalue weighted by molar-refractivity contribution is -0.120. The molecule has 2 aromatic carbocycles. The Morgan fingerprint density at radius 2 is 1.74 bits per heavy atom. The number of amides is 2. The molecule has 4 rings (SSSR count). The van der Waals surface area contributed by atoms with Crippen LogP contribution in [0.3, 0.4) is 0 Å². The first-order valence-electron chi connectivity index (χ1n) is 8.29. The highest BCUT2D eigenvalue weighted by Crippen LogP contribution is 2.64. The fourth-order valence-corrected chi connectivity index (χ4v) is 3.58. The molecule has 8 heteroatoms. The zero-order valence-electron chi connectivity index (χ0n) is 14.3. The van der Waals surface area contributed by atoms with Crippen LogP contribution in [-0.2, 0) is 4.79 Å². The zero-order chi connectivity index (χ0) is 19.2. The van der Waals surface area contributed by atoms with Crippen LogP contribution in [0.4, 0.5) is 11.4 Å². The van der Waals surface area contributed by atoms with E-state index in [1.807, 2.05) is 0 Å². The smallest absolute Gasteiger partial charge is 0.257 e. The Hall–Kier alpha value is -2.44. The predicted molar refractivity (Wildman–Crippen MR) is 103 cm³/mol. The van der Waals surface area contributed by atoms with Crippen LogP contribution in [0.5, 0.6) is 11.5 Å². The number of para-hydroxylation sites is 1. The van der Waals surface area contributed by atoms with Gasteiger partial charge in [-0.2, -0.15) is 0 Å². The summed E-state index contributed by atoms with van der Waals surface area (Å²) in [5.41, 5.74) is 0.386. The molecule has 2 amide bonds. The lowest BCUT2D eigenvalue weighted by Gasteiger charge is -2.15. The molecule has 0 radical (unpaired) electrons. The maximum absolute atomic E-state index is 12.7. The first kappa shape index (κ1) is 17.9. The number of nitrogens with one attached hydrogen (secondary N) is 2. The van der Waals surface area contributed by atoms with Crippen molar-refractivity contribution in [2.24, 2.45) is 5.41 Å². The summed E-state index contributed by atoms with van der Waals surface area (Å²) in [7, 11) is 0. The quantitative estimate of drug-likeness (QED) is 0.746. The Kier molecular flexibility index (Phi) is 4.20. The van der Waals surface area contributed by atoms with Crippen molar-refractivity contribution in [1.82, 2.24) is 0 Å². The van der Waals surface area contributed by atoms with Gasteiger partial charge in [0.1, 0.15) is 4.33 Å². The third-order valence-corrected chi connectivity index (χ3v) is 5.91. The van der Waals surface area contributed by atoms with Crippen LogP contribution in [0, 0.1) is 5.41 Å². The van der Waals surface area contributed by atoms with E-state index in [0.29, 0.717) is 34.9 Å². The van der Waals surface area contributed by atoms with Gasteiger partial charge in [0, 0.05) is 11.8 Å². The van der Waals surface area contributed by atoms with Gasteiger partial charge in [0.2, 0.25) is 12.7 Å². The van der Waals surface area contributed by atoms with Crippen molar-refractivity contribution in [3.05, 3.63) is 48.0 Å². The van der Waals surface area contributed by atoms with Crippen LogP contribution < -0.4 is 20.1 Å². The molecule has 2 N–H and O–H groups in total. The van der Waals surface area contributed by atoms with Gasteiger partial charge in [-0.25, -0.2) is 0 Å². The Labute approximate surface area is 165 Å². The maximum atomic E-state index is 12.7. The molecule has 1 saturated carbocycles. The molecule has 6 nitrogen and oxygen atoms in total. The third-order valence-electron chi connectivity index (χ3n) is 4.81. The van der Waals surface area contributed by atoms with Gasteiger partial charge in [-0.05, 0) is 37.6 Å². The van der Waals surface area contributed by atoms with Gasteiger partial charge in [0.25, 0.3) is 5.91 Å². The lowest BCUT2D eigenvalue weighted by atomic mass is 10.1. The van der Waals surface area contributed by atoms with Crippen LogP contribution in [0.1, 0.15) is 23.7 Å². The molecule has 140 valence electrons. The normalized spacial score (nSPS) is 21.4. The number of halogens is 2. The summed E-state index contributed by atoms with van der Waals surface area (Å²) in [5.74, 6) is 0.505. The molecule has 1 heterocycles. The second-order valence-electron chi connectivity index (χ2n) is 6.74. The minimum Gasteiger partial charge on any atom is -0.454 e. The standard InChI is InChI=1S/C19H16Cl2N2O4/c1-18(9-19(18,20)21)17(25)23-13-5-3-2-4-12(13)16(24)22-11-6-7-14-15(8-11)27-10-26-14/h2-8H,9-10H2,1H3,(H,22,24)(H,23,25)/t18-/m1/s1. The van der Waals surface area contributed by atoms with Crippen molar-refractivity contribution in [2.45, 2.75) is 17.7 Å².